The highest BCUT2D eigenvalue weighted by Gasteiger charge is 2.17. The summed E-state index contributed by atoms with van der Waals surface area (Å²) in [6.07, 6.45) is 0. The van der Waals surface area contributed by atoms with E-state index < -0.39 is 10.0 Å². The first-order chi connectivity index (χ1) is 9.81. The van der Waals surface area contributed by atoms with E-state index in [9.17, 15) is 13.2 Å². The predicted molar refractivity (Wildman–Crippen MR) is 82.3 cm³/mol. The summed E-state index contributed by atoms with van der Waals surface area (Å²) in [5.41, 5.74) is 0.747. The van der Waals surface area contributed by atoms with Gasteiger partial charge in [0.15, 0.2) is 0 Å². The van der Waals surface area contributed by atoms with Gasteiger partial charge in [0.2, 0.25) is 15.9 Å². The molecule has 118 valence electrons. The number of carbonyl (C=O) groups is 1. The Morgan fingerprint density at radius 1 is 1.24 bits per heavy atom. The van der Waals surface area contributed by atoms with Gasteiger partial charge in [-0.15, -0.1) is 0 Å². The highest BCUT2D eigenvalue weighted by Crippen LogP contribution is 2.17. The van der Waals surface area contributed by atoms with Gasteiger partial charge in [-0.25, -0.2) is 13.1 Å². The maximum absolute atomic E-state index is 12.0. The molecule has 0 heterocycles. The third-order valence-corrected chi connectivity index (χ3v) is 4.67. The predicted octanol–water partition coefficient (Wildman–Crippen LogP) is 0.627. The van der Waals surface area contributed by atoms with Crippen molar-refractivity contribution in [2.45, 2.75) is 24.8 Å². The Morgan fingerprint density at radius 2 is 1.90 bits per heavy atom. The summed E-state index contributed by atoms with van der Waals surface area (Å²) in [7, 11) is -0.322. The van der Waals surface area contributed by atoms with Crippen molar-refractivity contribution in [3.63, 3.8) is 0 Å². The molecule has 2 atom stereocenters. The van der Waals surface area contributed by atoms with Gasteiger partial charge in [0, 0.05) is 12.5 Å². The van der Waals surface area contributed by atoms with E-state index in [-0.39, 0.29) is 22.8 Å². The van der Waals surface area contributed by atoms with E-state index in [4.69, 9.17) is 0 Å². The minimum atomic E-state index is -3.48. The Hall–Kier alpha value is -1.44. The van der Waals surface area contributed by atoms with Gasteiger partial charge in [0.25, 0.3) is 0 Å². The normalized spacial score (nSPS) is 14.5. The van der Waals surface area contributed by atoms with Crippen LogP contribution in [0.5, 0.6) is 0 Å². The number of sulfonamides is 1. The first-order valence-electron chi connectivity index (χ1n) is 6.80. The number of rotatable bonds is 7. The Morgan fingerprint density at radius 3 is 2.48 bits per heavy atom. The van der Waals surface area contributed by atoms with Gasteiger partial charge in [-0.1, -0.05) is 19.1 Å². The third-order valence-electron chi connectivity index (χ3n) is 3.25. The van der Waals surface area contributed by atoms with Crippen molar-refractivity contribution in [2.24, 2.45) is 5.92 Å². The average molecular weight is 313 g/mol. The van der Waals surface area contributed by atoms with Gasteiger partial charge >= 0.3 is 0 Å². The second kappa shape index (κ2) is 7.53. The molecule has 0 radical (unpaired) electrons. The van der Waals surface area contributed by atoms with E-state index in [1.807, 2.05) is 13.8 Å². The molecule has 0 fully saturated rings. The Balaban J connectivity index is 2.87. The fourth-order valence-electron chi connectivity index (χ4n) is 1.91. The molecule has 21 heavy (non-hydrogen) atoms. The average Bonchev–Trinajstić information content (AvgIpc) is 2.47. The highest BCUT2D eigenvalue weighted by molar-refractivity contribution is 7.89. The second-order valence-corrected chi connectivity index (χ2v) is 6.86. The van der Waals surface area contributed by atoms with Crippen molar-refractivity contribution in [1.29, 1.82) is 0 Å². The lowest BCUT2D eigenvalue weighted by atomic mass is 10.1. The maximum atomic E-state index is 12.0. The van der Waals surface area contributed by atoms with E-state index in [2.05, 4.69) is 15.4 Å². The molecule has 0 aromatic heterocycles. The molecular formula is C14H23N3O3S. The Kier molecular flexibility index (Phi) is 6.32. The van der Waals surface area contributed by atoms with Crippen LogP contribution in [0.1, 0.15) is 25.5 Å². The Bertz CT molecular complexity index is 587. The largest absolute Gasteiger partial charge is 0.349 e. The molecule has 1 amide bonds. The van der Waals surface area contributed by atoms with Gasteiger partial charge in [-0.05, 0) is 38.7 Å². The van der Waals surface area contributed by atoms with Crippen LogP contribution in [0.3, 0.4) is 0 Å². The van der Waals surface area contributed by atoms with E-state index in [0.29, 0.717) is 6.54 Å². The number of hydrogen-bond acceptors (Lipinski definition) is 4. The topological polar surface area (TPSA) is 87.3 Å². The molecule has 3 N–H and O–H groups in total. The molecule has 6 nitrogen and oxygen atoms in total. The van der Waals surface area contributed by atoms with E-state index in [1.54, 1.807) is 25.2 Å². The van der Waals surface area contributed by atoms with Gasteiger partial charge in [-0.2, -0.15) is 0 Å². The van der Waals surface area contributed by atoms with Gasteiger partial charge in [0.05, 0.1) is 10.9 Å². The van der Waals surface area contributed by atoms with Gasteiger partial charge in [-0.3, -0.25) is 4.79 Å². The zero-order valence-electron chi connectivity index (χ0n) is 12.8. The van der Waals surface area contributed by atoms with Crippen LogP contribution >= 0.6 is 0 Å². The minimum Gasteiger partial charge on any atom is -0.349 e. The maximum Gasteiger partial charge on any atom is 0.240 e. The molecular weight excluding hydrogens is 290 g/mol. The summed E-state index contributed by atoms with van der Waals surface area (Å²) in [4.78, 5) is 12.2. The molecule has 0 saturated heterocycles. The molecule has 0 aliphatic carbocycles. The summed E-state index contributed by atoms with van der Waals surface area (Å²) in [6, 6.07) is 6.29. The smallest absolute Gasteiger partial charge is 0.240 e. The standard InChI is InChI=1S/C14H23N3O3S/c1-10(9-15-3)14(18)17-11(2)12-6-5-7-13(8-12)21(19,20)16-4/h5-8,10-11,15-16H,9H2,1-4H3,(H,17,18). The Labute approximate surface area is 126 Å². The molecule has 0 spiro atoms. The SMILES string of the molecule is CNCC(C)C(=O)NC(C)c1cccc(S(=O)(=O)NC)c1. The highest BCUT2D eigenvalue weighted by atomic mass is 32.2. The molecule has 2 unspecified atom stereocenters. The second-order valence-electron chi connectivity index (χ2n) is 4.97. The van der Waals surface area contributed by atoms with Crippen molar-refractivity contribution in [3.05, 3.63) is 29.8 Å². The van der Waals surface area contributed by atoms with Crippen molar-refractivity contribution in [1.82, 2.24) is 15.4 Å². The first-order valence-corrected chi connectivity index (χ1v) is 8.28. The molecule has 0 saturated carbocycles. The lowest BCUT2D eigenvalue weighted by Crippen LogP contribution is -2.35. The summed E-state index contributed by atoms with van der Waals surface area (Å²) >= 11 is 0. The fraction of sp³-hybridized carbons (Fsp3) is 0.500. The van der Waals surface area contributed by atoms with E-state index in [1.165, 1.54) is 13.1 Å². The third kappa shape index (κ3) is 4.80. The monoisotopic (exact) mass is 313 g/mol. The summed E-state index contributed by atoms with van der Waals surface area (Å²) < 4.78 is 25.8. The van der Waals surface area contributed by atoms with Crippen LogP contribution in [0.15, 0.2) is 29.2 Å². The number of amides is 1. The molecule has 1 aromatic rings. The number of nitrogens with one attached hydrogen (secondary N) is 3. The molecule has 7 heteroatoms. The number of hydrogen-bond donors (Lipinski definition) is 3. The summed E-state index contributed by atoms with van der Waals surface area (Å²) in [5, 5.41) is 5.83. The molecule has 1 aromatic carbocycles. The quantitative estimate of drug-likeness (QED) is 0.689. The summed E-state index contributed by atoms with van der Waals surface area (Å²) in [6.45, 7) is 4.25. The molecule has 0 aliphatic heterocycles. The van der Waals surface area contributed by atoms with E-state index in [0.717, 1.165) is 5.56 Å². The van der Waals surface area contributed by atoms with Crippen LogP contribution in [0.4, 0.5) is 0 Å². The van der Waals surface area contributed by atoms with Gasteiger partial charge < -0.3 is 10.6 Å². The fourth-order valence-corrected chi connectivity index (χ4v) is 2.69. The van der Waals surface area contributed by atoms with Crippen LogP contribution in [-0.2, 0) is 14.8 Å². The van der Waals surface area contributed by atoms with Crippen molar-refractivity contribution in [2.75, 3.05) is 20.6 Å². The first kappa shape index (κ1) is 17.6. The lowest BCUT2D eigenvalue weighted by Gasteiger charge is -2.18. The number of benzene rings is 1. The van der Waals surface area contributed by atoms with Crippen LogP contribution in [0.2, 0.25) is 0 Å². The van der Waals surface area contributed by atoms with Crippen LogP contribution in [0, 0.1) is 5.92 Å². The van der Waals surface area contributed by atoms with Crippen LogP contribution in [-0.4, -0.2) is 35.0 Å². The zero-order valence-corrected chi connectivity index (χ0v) is 13.6. The summed E-state index contributed by atoms with van der Waals surface area (Å²) in [5.74, 6) is -0.222. The molecule has 0 aliphatic rings. The van der Waals surface area contributed by atoms with Crippen molar-refractivity contribution >= 4 is 15.9 Å². The van der Waals surface area contributed by atoms with Crippen LogP contribution < -0.4 is 15.4 Å². The lowest BCUT2D eigenvalue weighted by molar-refractivity contribution is -0.125. The van der Waals surface area contributed by atoms with Crippen LogP contribution in [0.25, 0.3) is 0 Å². The zero-order chi connectivity index (χ0) is 16.0. The van der Waals surface area contributed by atoms with Crippen molar-refractivity contribution in [3.8, 4) is 0 Å². The van der Waals surface area contributed by atoms with Crippen molar-refractivity contribution < 1.29 is 13.2 Å². The molecule has 0 bridgehead atoms. The number of carbonyl (C=O) groups excluding carboxylic acids is 1. The minimum absolute atomic E-state index is 0.0706. The van der Waals surface area contributed by atoms with E-state index >= 15 is 0 Å². The molecule has 1 rings (SSSR count). The van der Waals surface area contributed by atoms with Gasteiger partial charge in [0.1, 0.15) is 0 Å².